The van der Waals surface area contributed by atoms with Crippen molar-refractivity contribution >= 4 is 11.7 Å². The minimum absolute atomic E-state index is 0.0775. The second-order valence-corrected chi connectivity index (χ2v) is 5.52. The van der Waals surface area contributed by atoms with E-state index in [1.54, 1.807) is 6.20 Å². The van der Waals surface area contributed by atoms with Gasteiger partial charge in [-0.25, -0.2) is 14.8 Å². The number of anilines is 1. The van der Waals surface area contributed by atoms with Gasteiger partial charge in [0.05, 0.1) is 11.9 Å². The van der Waals surface area contributed by atoms with E-state index >= 15 is 0 Å². The number of hydrogen-bond donors (Lipinski definition) is 1. The molecule has 5 nitrogen and oxygen atoms in total. The van der Waals surface area contributed by atoms with Crippen LogP contribution in [0.25, 0.3) is 0 Å². The van der Waals surface area contributed by atoms with Crippen LogP contribution in [-0.4, -0.2) is 34.1 Å². The lowest BCUT2D eigenvalue weighted by Crippen LogP contribution is -2.34. The molecule has 0 aliphatic heterocycles. The van der Waals surface area contributed by atoms with Gasteiger partial charge in [0.25, 0.3) is 0 Å². The molecule has 1 unspecified atom stereocenters. The Bertz CT molecular complexity index is 458. The molecular weight excluding hydrogens is 242 g/mol. The molecule has 0 amide bonds. The van der Waals surface area contributed by atoms with Crippen molar-refractivity contribution in [3.63, 3.8) is 0 Å². The largest absolute Gasteiger partial charge is 0.476 e. The third kappa shape index (κ3) is 3.43. The molecule has 0 bridgehead atoms. The summed E-state index contributed by atoms with van der Waals surface area (Å²) < 4.78 is 0. The predicted octanol–water partition coefficient (Wildman–Crippen LogP) is 2.78. The van der Waals surface area contributed by atoms with E-state index in [0.717, 1.165) is 0 Å². The molecule has 19 heavy (non-hydrogen) atoms. The Hall–Kier alpha value is -1.65. The molecule has 0 aliphatic carbocycles. The van der Waals surface area contributed by atoms with Gasteiger partial charge >= 0.3 is 5.97 Å². The number of nitrogens with zero attached hydrogens (tertiary/aromatic N) is 3. The molecule has 1 aromatic heterocycles. The minimum atomic E-state index is -1.01. The first-order valence-corrected chi connectivity index (χ1v) is 6.58. The summed E-state index contributed by atoms with van der Waals surface area (Å²) in [6.45, 7) is 10.2. The topological polar surface area (TPSA) is 66.3 Å². The zero-order valence-electron chi connectivity index (χ0n) is 12.5. The maximum absolute atomic E-state index is 11.4. The van der Waals surface area contributed by atoms with E-state index in [9.17, 15) is 9.90 Å². The van der Waals surface area contributed by atoms with Gasteiger partial charge in [0.15, 0.2) is 5.69 Å². The van der Waals surface area contributed by atoms with Gasteiger partial charge in [-0.05, 0) is 12.8 Å². The van der Waals surface area contributed by atoms with Crippen molar-refractivity contribution in [2.75, 3.05) is 11.9 Å². The molecule has 0 saturated heterocycles. The molecule has 0 aromatic carbocycles. The maximum atomic E-state index is 11.4. The lowest BCUT2D eigenvalue weighted by Gasteiger charge is -2.30. The standard InChI is InChI=1S/C14H23N3O2/c1-8(2)10(5)17(6)11-7-15-13(9(3)4)16-12(11)14(18)19/h7-10H,1-6H3,(H,18,19). The smallest absolute Gasteiger partial charge is 0.356 e. The van der Waals surface area contributed by atoms with Crippen molar-refractivity contribution in [2.24, 2.45) is 5.92 Å². The Morgan fingerprint density at radius 2 is 1.84 bits per heavy atom. The van der Waals surface area contributed by atoms with Crippen molar-refractivity contribution in [1.82, 2.24) is 9.97 Å². The third-order valence-electron chi connectivity index (χ3n) is 3.46. The summed E-state index contributed by atoms with van der Waals surface area (Å²) in [5.41, 5.74) is 0.645. The molecule has 1 N–H and O–H groups in total. The number of aromatic nitrogens is 2. The molecule has 0 spiro atoms. The number of carboxylic acids is 1. The molecule has 1 heterocycles. The van der Waals surface area contributed by atoms with Gasteiger partial charge in [-0.2, -0.15) is 0 Å². The van der Waals surface area contributed by atoms with Crippen LogP contribution in [0.15, 0.2) is 6.20 Å². The molecule has 1 atom stereocenters. The molecule has 0 aliphatic rings. The summed E-state index contributed by atoms with van der Waals surface area (Å²) in [5.74, 6) is 0.0743. The molecule has 0 radical (unpaired) electrons. The van der Waals surface area contributed by atoms with Crippen molar-refractivity contribution < 1.29 is 9.90 Å². The summed E-state index contributed by atoms with van der Waals surface area (Å²) in [6, 6.07) is 0.214. The summed E-state index contributed by atoms with van der Waals surface area (Å²) in [4.78, 5) is 21.8. The molecular formula is C14H23N3O2. The van der Waals surface area contributed by atoms with Gasteiger partial charge in [0.2, 0.25) is 0 Å². The quantitative estimate of drug-likeness (QED) is 0.886. The van der Waals surface area contributed by atoms with Crippen LogP contribution in [0.4, 0.5) is 5.69 Å². The van der Waals surface area contributed by atoms with Crippen LogP contribution in [-0.2, 0) is 0 Å². The van der Waals surface area contributed by atoms with Crippen LogP contribution in [0.2, 0.25) is 0 Å². The van der Waals surface area contributed by atoms with Gasteiger partial charge < -0.3 is 10.0 Å². The Labute approximate surface area is 114 Å². The maximum Gasteiger partial charge on any atom is 0.356 e. The normalized spacial score (nSPS) is 12.8. The van der Waals surface area contributed by atoms with Gasteiger partial charge in [-0.15, -0.1) is 0 Å². The summed E-state index contributed by atoms with van der Waals surface area (Å²) >= 11 is 0. The van der Waals surface area contributed by atoms with Crippen LogP contribution in [0.1, 0.15) is 56.8 Å². The average Bonchev–Trinajstić information content (AvgIpc) is 2.35. The Morgan fingerprint density at radius 3 is 2.26 bits per heavy atom. The van der Waals surface area contributed by atoms with Crippen LogP contribution in [0.3, 0.4) is 0 Å². The number of aromatic carboxylic acids is 1. The first-order valence-electron chi connectivity index (χ1n) is 6.58. The minimum Gasteiger partial charge on any atom is -0.476 e. The molecule has 1 rings (SSSR count). The van der Waals surface area contributed by atoms with Gasteiger partial charge in [-0.1, -0.05) is 27.7 Å². The van der Waals surface area contributed by atoms with Crippen LogP contribution in [0, 0.1) is 5.92 Å². The van der Waals surface area contributed by atoms with Gasteiger partial charge in [0.1, 0.15) is 5.82 Å². The van der Waals surface area contributed by atoms with Crippen LogP contribution >= 0.6 is 0 Å². The Kier molecular flexibility index (Phi) is 4.86. The number of hydrogen-bond acceptors (Lipinski definition) is 4. The zero-order chi connectivity index (χ0) is 14.7. The van der Waals surface area contributed by atoms with E-state index < -0.39 is 5.97 Å². The van der Waals surface area contributed by atoms with E-state index in [1.807, 2.05) is 25.8 Å². The Balaban J connectivity index is 3.24. The second-order valence-electron chi connectivity index (χ2n) is 5.52. The molecule has 106 valence electrons. The summed E-state index contributed by atoms with van der Waals surface area (Å²) in [6.07, 6.45) is 1.62. The van der Waals surface area contributed by atoms with E-state index in [4.69, 9.17) is 0 Å². The summed E-state index contributed by atoms with van der Waals surface area (Å²) in [5, 5.41) is 9.32. The highest BCUT2D eigenvalue weighted by atomic mass is 16.4. The lowest BCUT2D eigenvalue weighted by atomic mass is 10.0. The van der Waals surface area contributed by atoms with Gasteiger partial charge in [-0.3, -0.25) is 0 Å². The highest BCUT2D eigenvalue weighted by Crippen LogP contribution is 2.23. The SMILES string of the molecule is CC(C)c1ncc(N(C)C(C)C(C)C)c(C(=O)O)n1. The van der Waals surface area contributed by atoms with Crippen LogP contribution in [0.5, 0.6) is 0 Å². The fraction of sp³-hybridized carbons (Fsp3) is 0.643. The molecule has 0 saturated carbocycles. The first kappa shape index (κ1) is 15.4. The second kappa shape index (κ2) is 5.99. The average molecular weight is 265 g/mol. The van der Waals surface area contributed by atoms with Crippen molar-refractivity contribution in [3.8, 4) is 0 Å². The number of carboxylic acid groups (broad SMARTS) is 1. The van der Waals surface area contributed by atoms with E-state index in [0.29, 0.717) is 17.4 Å². The predicted molar refractivity (Wildman–Crippen MR) is 75.8 cm³/mol. The molecule has 1 aromatic rings. The summed E-state index contributed by atoms with van der Waals surface area (Å²) in [7, 11) is 1.88. The van der Waals surface area contributed by atoms with Crippen molar-refractivity contribution in [3.05, 3.63) is 17.7 Å². The fourth-order valence-electron chi connectivity index (χ4n) is 1.75. The van der Waals surface area contributed by atoms with E-state index in [1.165, 1.54) is 0 Å². The lowest BCUT2D eigenvalue weighted by molar-refractivity contribution is 0.0690. The Morgan fingerprint density at radius 1 is 1.26 bits per heavy atom. The zero-order valence-corrected chi connectivity index (χ0v) is 12.5. The highest BCUT2D eigenvalue weighted by molar-refractivity contribution is 5.92. The highest BCUT2D eigenvalue weighted by Gasteiger charge is 2.22. The fourth-order valence-corrected chi connectivity index (χ4v) is 1.75. The number of carbonyl (C=O) groups is 1. The first-order chi connectivity index (χ1) is 8.75. The van der Waals surface area contributed by atoms with Crippen molar-refractivity contribution in [1.29, 1.82) is 0 Å². The van der Waals surface area contributed by atoms with Crippen LogP contribution < -0.4 is 4.90 Å². The van der Waals surface area contributed by atoms with E-state index in [-0.39, 0.29) is 17.7 Å². The monoisotopic (exact) mass is 265 g/mol. The number of rotatable bonds is 5. The third-order valence-corrected chi connectivity index (χ3v) is 3.46. The van der Waals surface area contributed by atoms with Gasteiger partial charge in [0, 0.05) is 19.0 Å². The molecule has 5 heteroatoms. The molecule has 0 fully saturated rings. The van der Waals surface area contributed by atoms with Crippen molar-refractivity contribution in [2.45, 2.75) is 46.6 Å². The van der Waals surface area contributed by atoms with E-state index in [2.05, 4.69) is 30.7 Å².